The molecule has 0 aliphatic heterocycles. The molecule has 0 unspecified atom stereocenters. The lowest BCUT2D eigenvalue weighted by atomic mass is 10.3. The van der Waals surface area contributed by atoms with Crippen molar-refractivity contribution in [3.8, 4) is 0 Å². The van der Waals surface area contributed by atoms with Gasteiger partial charge in [-0.1, -0.05) is 0 Å². The lowest BCUT2D eigenvalue weighted by molar-refractivity contribution is -0.389. The Morgan fingerprint density at radius 2 is 2.38 bits per heavy atom. The van der Waals surface area contributed by atoms with E-state index in [1.165, 1.54) is 12.3 Å². The molecule has 6 heteroatoms. The standard InChI is InChI=1S/C10H15N3O3/c1-2-16-7-3-6-11-9-4-5-10(12-8-9)13(14)15/h4-5,8,11H,2-3,6-7H2,1H3. The van der Waals surface area contributed by atoms with Gasteiger partial charge in [0.2, 0.25) is 0 Å². The molecule has 0 radical (unpaired) electrons. The molecule has 1 N–H and O–H groups in total. The van der Waals surface area contributed by atoms with Crippen LogP contribution in [0.1, 0.15) is 13.3 Å². The van der Waals surface area contributed by atoms with Gasteiger partial charge in [0.1, 0.15) is 0 Å². The molecule has 6 nitrogen and oxygen atoms in total. The number of nitro groups is 1. The Morgan fingerprint density at radius 3 is 2.94 bits per heavy atom. The quantitative estimate of drug-likeness (QED) is 0.435. The zero-order valence-electron chi connectivity index (χ0n) is 9.18. The van der Waals surface area contributed by atoms with E-state index in [4.69, 9.17) is 4.74 Å². The third kappa shape index (κ3) is 4.22. The van der Waals surface area contributed by atoms with Gasteiger partial charge in [0.05, 0.1) is 5.69 Å². The molecule has 0 aliphatic rings. The van der Waals surface area contributed by atoms with E-state index in [1.54, 1.807) is 6.07 Å². The van der Waals surface area contributed by atoms with Gasteiger partial charge in [-0.05, 0) is 29.3 Å². The molecule has 0 saturated carbocycles. The van der Waals surface area contributed by atoms with Crippen LogP contribution in [-0.2, 0) is 4.74 Å². The number of hydrogen-bond acceptors (Lipinski definition) is 5. The molecule has 0 aromatic carbocycles. The van der Waals surface area contributed by atoms with Crippen LogP contribution >= 0.6 is 0 Å². The average molecular weight is 225 g/mol. The zero-order valence-corrected chi connectivity index (χ0v) is 9.18. The summed E-state index contributed by atoms with van der Waals surface area (Å²) < 4.78 is 5.18. The fourth-order valence-corrected chi connectivity index (χ4v) is 1.15. The van der Waals surface area contributed by atoms with Gasteiger partial charge in [0.15, 0.2) is 6.20 Å². The van der Waals surface area contributed by atoms with Gasteiger partial charge in [-0.25, -0.2) is 0 Å². The molecule has 1 aromatic heterocycles. The fourth-order valence-electron chi connectivity index (χ4n) is 1.15. The molecule has 1 heterocycles. The first-order valence-electron chi connectivity index (χ1n) is 5.16. The van der Waals surface area contributed by atoms with Crippen molar-refractivity contribution in [3.63, 3.8) is 0 Å². The van der Waals surface area contributed by atoms with E-state index >= 15 is 0 Å². The van der Waals surface area contributed by atoms with E-state index in [9.17, 15) is 10.1 Å². The molecular weight excluding hydrogens is 210 g/mol. The number of hydrogen-bond donors (Lipinski definition) is 1. The number of nitrogens with zero attached hydrogens (tertiary/aromatic N) is 2. The molecule has 0 saturated heterocycles. The van der Waals surface area contributed by atoms with Crippen molar-refractivity contribution in [2.24, 2.45) is 0 Å². The molecule has 88 valence electrons. The smallest absolute Gasteiger partial charge is 0.363 e. The van der Waals surface area contributed by atoms with Crippen LogP contribution in [0, 0.1) is 10.1 Å². The van der Waals surface area contributed by atoms with Crippen molar-refractivity contribution in [2.45, 2.75) is 13.3 Å². The molecule has 0 atom stereocenters. The summed E-state index contributed by atoms with van der Waals surface area (Å²) in [5.41, 5.74) is 0.780. The predicted molar refractivity (Wildman–Crippen MR) is 60.5 cm³/mol. The summed E-state index contributed by atoms with van der Waals surface area (Å²) in [6, 6.07) is 3.02. The number of rotatable bonds is 7. The Balaban J connectivity index is 2.29. The average Bonchev–Trinajstić information content (AvgIpc) is 2.29. The lowest BCUT2D eigenvalue weighted by Crippen LogP contribution is -2.06. The summed E-state index contributed by atoms with van der Waals surface area (Å²) in [5.74, 6) is -0.139. The maximum absolute atomic E-state index is 10.4. The van der Waals surface area contributed by atoms with Crippen LogP contribution in [0.2, 0.25) is 0 Å². The monoisotopic (exact) mass is 225 g/mol. The maximum Gasteiger partial charge on any atom is 0.363 e. The van der Waals surface area contributed by atoms with Crippen LogP contribution in [-0.4, -0.2) is 29.7 Å². The largest absolute Gasteiger partial charge is 0.382 e. The van der Waals surface area contributed by atoms with Crippen molar-refractivity contribution in [3.05, 3.63) is 28.4 Å². The topological polar surface area (TPSA) is 77.3 Å². The van der Waals surface area contributed by atoms with Crippen molar-refractivity contribution >= 4 is 11.5 Å². The molecule has 0 aliphatic carbocycles. The minimum Gasteiger partial charge on any atom is -0.382 e. The highest BCUT2D eigenvalue weighted by Crippen LogP contribution is 2.10. The predicted octanol–water partition coefficient (Wildman–Crippen LogP) is 1.83. The highest BCUT2D eigenvalue weighted by atomic mass is 16.6. The molecule has 0 spiro atoms. The van der Waals surface area contributed by atoms with Crippen LogP contribution in [0.4, 0.5) is 11.5 Å². The normalized spacial score (nSPS) is 10.1. The SMILES string of the molecule is CCOCCCNc1ccc([N+](=O)[O-])nc1. The van der Waals surface area contributed by atoms with Crippen molar-refractivity contribution in [2.75, 3.05) is 25.1 Å². The Hall–Kier alpha value is -1.69. The number of aromatic nitrogens is 1. The third-order valence-corrected chi connectivity index (χ3v) is 1.93. The van der Waals surface area contributed by atoms with E-state index in [2.05, 4.69) is 10.3 Å². The lowest BCUT2D eigenvalue weighted by Gasteiger charge is -2.04. The van der Waals surface area contributed by atoms with E-state index in [1.807, 2.05) is 6.92 Å². The van der Waals surface area contributed by atoms with Crippen LogP contribution < -0.4 is 5.32 Å². The van der Waals surface area contributed by atoms with Crippen LogP contribution in [0.5, 0.6) is 0 Å². The second kappa shape index (κ2) is 6.73. The van der Waals surface area contributed by atoms with Gasteiger partial charge in [-0.3, -0.25) is 0 Å². The first-order chi connectivity index (χ1) is 7.74. The molecule has 0 amide bonds. The fraction of sp³-hybridized carbons (Fsp3) is 0.500. The van der Waals surface area contributed by atoms with Gasteiger partial charge in [0.25, 0.3) is 0 Å². The Bertz CT molecular complexity index is 327. The summed E-state index contributed by atoms with van der Waals surface area (Å²) in [4.78, 5) is 13.5. The van der Waals surface area contributed by atoms with Gasteiger partial charge in [0, 0.05) is 25.8 Å². The van der Waals surface area contributed by atoms with E-state index in [-0.39, 0.29) is 5.82 Å². The van der Waals surface area contributed by atoms with Gasteiger partial charge < -0.3 is 20.2 Å². The number of ether oxygens (including phenoxy) is 1. The second-order valence-electron chi connectivity index (χ2n) is 3.14. The molecule has 16 heavy (non-hydrogen) atoms. The van der Waals surface area contributed by atoms with Crippen molar-refractivity contribution in [1.29, 1.82) is 0 Å². The molecule has 1 rings (SSSR count). The highest BCUT2D eigenvalue weighted by molar-refractivity contribution is 5.43. The summed E-state index contributed by atoms with van der Waals surface area (Å²) in [6.07, 6.45) is 2.35. The minimum atomic E-state index is -0.515. The van der Waals surface area contributed by atoms with Crippen LogP contribution in [0.15, 0.2) is 18.3 Å². The molecular formula is C10H15N3O3. The van der Waals surface area contributed by atoms with Gasteiger partial charge in [-0.15, -0.1) is 0 Å². The van der Waals surface area contributed by atoms with Crippen molar-refractivity contribution < 1.29 is 9.66 Å². The van der Waals surface area contributed by atoms with Gasteiger partial charge >= 0.3 is 5.82 Å². The number of pyridine rings is 1. The van der Waals surface area contributed by atoms with E-state index in [0.717, 1.165) is 25.3 Å². The summed E-state index contributed by atoms with van der Waals surface area (Å²) in [5, 5.41) is 13.5. The number of nitrogens with one attached hydrogen (secondary N) is 1. The third-order valence-electron chi connectivity index (χ3n) is 1.93. The maximum atomic E-state index is 10.4. The first kappa shape index (κ1) is 12.4. The molecule has 0 fully saturated rings. The highest BCUT2D eigenvalue weighted by Gasteiger charge is 2.05. The van der Waals surface area contributed by atoms with Crippen LogP contribution in [0.25, 0.3) is 0 Å². The summed E-state index contributed by atoms with van der Waals surface area (Å²) in [7, 11) is 0. The number of anilines is 1. The second-order valence-corrected chi connectivity index (χ2v) is 3.14. The van der Waals surface area contributed by atoms with Crippen molar-refractivity contribution in [1.82, 2.24) is 4.98 Å². The molecule has 1 aromatic rings. The summed E-state index contributed by atoms with van der Waals surface area (Å²) in [6.45, 7) is 4.15. The Kier molecular flexibility index (Phi) is 5.21. The minimum absolute atomic E-state index is 0.139. The zero-order chi connectivity index (χ0) is 11.8. The summed E-state index contributed by atoms with van der Waals surface area (Å²) >= 11 is 0. The Labute approximate surface area is 93.8 Å². The van der Waals surface area contributed by atoms with E-state index < -0.39 is 4.92 Å². The van der Waals surface area contributed by atoms with E-state index in [0.29, 0.717) is 6.61 Å². The first-order valence-corrected chi connectivity index (χ1v) is 5.16. The Morgan fingerprint density at radius 1 is 1.56 bits per heavy atom. The molecule has 0 bridgehead atoms. The van der Waals surface area contributed by atoms with Crippen LogP contribution in [0.3, 0.4) is 0 Å². The van der Waals surface area contributed by atoms with Gasteiger partial charge in [-0.2, -0.15) is 0 Å².